The lowest BCUT2D eigenvalue weighted by atomic mass is 10.2. The first kappa shape index (κ1) is 14.6. The molecule has 0 saturated heterocycles. The second-order valence-electron chi connectivity index (χ2n) is 3.72. The van der Waals surface area contributed by atoms with E-state index in [2.05, 4.69) is 36.0 Å². The quantitative estimate of drug-likeness (QED) is 0.916. The number of nitrogens with zero attached hydrogens (tertiary/aromatic N) is 2. The average molecular weight is 348 g/mol. The predicted octanol–water partition coefficient (Wildman–Crippen LogP) is 3.85. The molecule has 1 aromatic carbocycles. The monoisotopic (exact) mass is 347 g/mol. The number of alkyl halides is 3. The van der Waals surface area contributed by atoms with E-state index >= 15 is 0 Å². The van der Waals surface area contributed by atoms with E-state index in [0.29, 0.717) is 21.7 Å². The van der Waals surface area contributed by atoms with Crippen LogP contribution >= 0.6 is 15.9 Å². The van der Waals surface area contributed by atoms with Crippen molar-refractivity contribution in [2.75, 3.05) is 12.4 Å². The molecular weight excluding hydrogens is 339 g/mol. The molecule has 0 atom stereocenters. The van der Waals surface area contributed by atoms with Crippen molar-refractivity contribution < 1.29 is 17.9 Å². The Labute approximate surface area is 121 Å². The average Bonchev–Trinajstić information content (AvgIpc) is 2.37. The number of rotatable bonds is 3. The SMILES string of the molecule is CNc1nc(-c2cccc(OC(F)(F)F)c2)ncc1Br. The van der Waals surface area contributed by atoms with Crippen molar-refractivity contribution in [1.29, 1.82) is 0 Å². The summed E-state index contributed by atoms with van der Waals surface area (Å²) in [6.07, 6.45) is -3.21. The van der Waals surface area contributed by atoms with Gasteiger partial charge < -0.3 is 10.1 Å². The van der Waals surface area contributed by atoms with Gasteiger partial charge in [0.1, 0.15) is 11.6 Å². The maximum absolute atomic E-state index is 12.2. The molecule has 0 aliphatic carbocycles. The molecule has 1 aromatic heterocycles. The highest BCUT2D eigenvalue weighted by atomic mass is 79.9. The summed E-state index contributed by atoms with van der Waals surface area (Å²) in [5, 5.41) is 2.85. The first-order valence-corrected chi connectivity index (χ1v) is 6.25. The number of anilines is 1. The summed E-state index contributed by atoms with van der Waals surface area (Å²) in [5.41, 5.74) is 0.427. The molecule has 2 rings (SSSR count). The minimum atomic E-state index is -4.73. The molecule has 106 valence electrons. The summed E-state index contributed by atoms with van der Waals surface area (Å²) in [5.74, 6) is 0.523. The predicted molar refractivity (Wildman–Crippen MR) is 71.4 cm³/mol. The van der Waals surface area contributed by atoms with Crippen LogP contribution in [0.5, 0.6) is 5.75 Å². The molecule has 0 bridgehead atoms. The fraction of sp³-hybridized carbons (Fsp3) is 0.167. The van der Waals surface area contributed by atoms with Crippen molar-refractivity contribution in [1.82, 2.24) is 9.97 Å². The number of hydrogen-bond acceptors (Lipinski definition) is 4. The first-order chi connectivity index (χ1) is 9.39. The van der Waals surface area contributed by atoms with Gasteiger partial charge in [0, 0.05) is 18.8 Å². The van der Waals surface area contributed by atoms with E-state index in [-0.39, 0.29) is 5.75 Å². The van der Waals surface area contributed by atoms with E-state index in [1.807, 2.05) is 0 Å². The normalized spacial score (nSPS) is 11.2. The number of benzene rings is 1. The molecule has 20 heavy (non-hydrogen) atoms. The van der Waals surface area contributed by atoms with Gasteiger partial charge in [0.05, 0.1) is 4.47 Å². The molecular formula is C12H9BrF3N3O. The Hall–Kier alpha value is -1.83. The zero-order valence-corrected chi connectivity index (χ0v) is 11.8. The van der Waals surface area contributed by atoms with E-state index in [0.717, 1.165) is 0 Å². The summed E-state index contributed by atoms with van der Waals surface area (Å²) in [7, 11) is 1.68. The van der Waals surface area contributed by atoms with E-state index in [1.165, 1.54) is 24.4 Å². The third kappa shape index (κ3) is 3.60. The van der Waals surface area contributed by atoms with Gasteiger partial charge in [-0.05, 0) is 28.1 Å². The van der Waals surface area contributed by atoms with Crippen molar-refractivity contribution in [3.63, 3.8) is 0 Å². The van der Waals surface area contributed by atoms with Gasteiger partial charge in [-0.25, -0.2) is 9.97 Å². The van der Waals surface area contributed by atoms with Crippen LogP contribution in [0, 0.1) is 0 Å². The van der Waals surface area contributed by atoms with Crippen molar-refractivity contribution in [3.05, 3.63) is 34.9 Å². The number of hydrogen-bond donors (Lipinski definition) is 1. The Kier molecular flexibility index (Phi) is 4.12. The number of ether oxygens (including phenoxy) is 1. The van der Waals surface area contributed by atoms with Crippen LogP contribution in [0.4, 0.5) is 19.0 Å². The van der Waals surface area contributed by atoms with Crippen LogP contribution in [0.3, 0.4) is 0 Å². The van der Waals surface area contributed by atoms with Gasteiger partial charge in [0.2, 0.25) is 0 Å². The van der Waals surface area contributed by atoms with Gasteiger partial charge in [-0.3, -0.25) is 0 Å². The summed E-state index contributed by atoms with van der Waals surface area (Å²) in [6.45, 7) is 0. The maximum atomic E-state index is 12.2. The number of nitrogens with one attached hydrogen (secondary N) is 1. The van der Waals surface area contributed by atoms with E-state index in [4.69, 9.17) is 0 Å². The summed E-state index contributed by atoms with van der Waals surface area (Å²) in [6, 6.07) is 5.50. The topological polar surface area (TPSA) is 47.0 Å². The maximum Gasteiger partial charge on any atom is 0.573 e. The van der Waals surface area contributed by atoms with Crippen LogP contribution in [-0.2, 0) is 0 Å². The molecule has 0 aliphatic heterocycles. The van der Waals surface area contributed by atoms with Crippen LogP contribution in [0.15, 0.2) is 34.9 Å². The highest BCUT2D eigenvalue weighted by Crippen LogP contribution is 2.28. The van der Waals surface area contributed by atoms with Gasteiger partial charge >= 0.3 is 6.36 Å². The number of halogens is 4. The third-order valence-corrected chi connectivity index (χ3v) is 2.89. The Morgan fingerprint density at radius 2 is 2.05 bits per heavy atom. The van der Waals surface area contributed by atoms with Crippen LogP contribution in [0.25, 0.3) is 11.4 Å². The zero-order chi connectivity index (χ0) is 14.8. The smallest absolute Gasteiger partial charge is 0.406 e. The molecule has 0 aliphatic rings. The molecule has 2 aromatic rings. The molecule has 0 radical (unpaired) electrons. The van der Waals surface area contributed by atoms with Crippen LogP contribution < -0.4 is 10.1 Å². The Morgan fingerprint density at radius 1 is 1.30 bits per heavy atom. The molecule has 0 saturated carbocycles. The lowest BCUT2D eigenvalue weighted by Crippen LogP contribution is -2.17. The highest BCUT2D eigenvalue weighted by Gasteiger charge is 2.31. The van der Waals surface area contributed by atoms with Crippen molar-refractivity contribution in [2.45, 2.75) is 6.36 Å². The molecule has 8 heteroatoms. The zero-order valence-electron chi connectivity index (χ0n) is 10.2. The Balaban J connectivity index is 2.36. The molecule has 0 fully saturated rings. The fourth-order valence-corrected chi connectivity index (χ4v) is 1.90. The lowest BCUT2D eigenvalue weighted by molar-refractivity contribution is -0.274. The standard InChI is InChI=1S/C12H9BrF3N3O/c1-17-11-9(13)6-18-10(19-11)7-3-2-4-8(5-7)20-12(14,15)16/h2-6H,1H3,(H,17,18,19). The number of aromatic nitrogens is 2. The lowest BCUT2D eigenvalue weighted by Gasteiger charge is -2.10. The highest BCUT2D eigenvalue weighted by molar-refractivity contribution is 9.10. The van der Waals surface area contributed by atoms with Gasteiger partial charge in [-0.15, -0.1) is 13.2 Å². The fourth-order valence-electron chi connectivity index (χ4n) is 1.51. The largest absolute Gasteiger partial charge is 0.573 e. The first-order valence-electron chi connectivity index (χ1n) is 5.45. The van der Waals surface area contributed by atoms with Gasteiger partial charge in [0.25, 0.3) is 0 Å². The van der Waals surface area contributed by atoms with Gasteiger partial charge in [-0.1, -0.05) is 12.1 Å². The van der Waals surface area contributed by atoms with Gasteiger partial charge in [0.15, 0.2) is 5.82 Å². The van der Waals surface area contributed by atoms with E-state index in [9.17, 15) is 13.2 Å². The molecule has 0 spiro atoms. The van der Waals surface area contributed by atoms with Gasteiger partial charge in [-0.2, -0.15) is 0 Å². The minimum Gasteiger partial charge on any atom is -0.406 e. The van der Waals surface area contributed by atoms with E-state index < -0.39 is 6.36 Å². The van der Waals surface area contributed by atoms with Crippen molar-refractivity contribution in [2.24, 2.45) is 0 Å². The molecule has 4 nitrogen and oxygen atoms in total. The van der Waals surface area contributed by atoms with E-state index in [1.54, 1.807) is 13.1 Å². The summed E-state index contributed by atoms with van der Waals surface area (Å²) >= 11 is 3.26. The third-order valence-electron chi connectivity index (χ3n) is 2.31. The van der Waals surface area contributed by atoms with Crippen LogP contribution in [-0.4, -0.2) is 23.4 Å². The second kappa shape index (κ2) is 5.66. The molecule has 0 unspecified atom stereocenters. The minimum absolute atomic E-state index is 0.296. The Bertz CT molecular complexity index is 619. The van der Waals surface area contributed by atoms with Crippen molar-refractivity contribution in [3.8, 4) is 17.1 Å². The van der Waals surface area contributed by atoms with Crippen molar-refractivity contribution >= 4 is 21.7 Å². The molecule has 1 N–H and O–H groups in total. The Morgan fingerprint density at radius 3 is 2.70 bits per heavy atom. The van der Waals surface area contributed by atoms with Crippen LogP contribution in [0.1, 0.15) is 0 Å². The summed E-state index contributed by atoms with van der Waals surface area (Å²) < 4.78 is 41.1. The summed E-state index contributed by atoms with van der Waals surface area (Å²) in [4.78, 5) is 8.25. The molecule has 0 amide bonds. The van der Waals surface area contributed by atoms with Crippen LogP contribution in [0.2, 0.25) is 0 Å². The molecule has 1 heterocycles. The second-order valence-corrected chi connectivity index (χ2v) is 4.57.